The lowest BCUT2D eigenvalue weighted by molar-refractivity contribution is -0.153. The third kappa shape index (κ3) is 3.84. The maximum atomic E-state index is 11.8. The van der Waals surface area contributed by atoms with Gasteiger partial charge in [-0.25, -0.2) is 0 Å². The zero-order valence-corrected chi connectivity index (χ0v) is 12.4. The quantitative estimate of drug-likeness (QED) is 0.666. The molecule has 1 atom stereocenters. The third-order valence-corrected chi connectivity index (χ3v) is 4.12. The predicted molar refractivity (Wildman–Crippen MR) is 79.3 cm³/mol. The second-order valence-electron chi connectivity index (χ2n) is 5.52. The van der Waals surface area contributed by atoms with E-state index in [0.717, 1.165) is 0 Å². The molecule has 1 aliphatic carbocycles. The standard InChI is InChI=1S/C17H22O4/c1-2-21-17(20)15(16(18)19)14-10-8-13(9-11-14)12-6-4-3-5-7-12/h8-12,15H,2-7H2,1H3,(H,18,19). The Hall–Kier alpha value is -1.84. The van der Waals surface area contributed by atoms with Gasteiger partial charge in [-0.3, -0.25) is 9.59 Å². The van der Waals surface area contributed by atoms with Crippen molar-refractivity contribution in [2.75, 3.05) is 6.61 Å². The summed E-state index contributed by atoms with van der Waals surface area (Å²) in [7, 11) is 0. The minimum absolute atomic E-state index is 0.183. The molecule has 0 radical (unpaired) electrons. The molecule has 1 N–H and O–H groups in total. The number of ether oxygens (including phenoxy) is 1. The van der Waals surface area contributed by atoms with Crippen LogP contribution in [-0.4, -0.2) is 23.7 Å². The Bertz CT molecular complexity index is 486. The number of carboxylic acid groups (broad SMARTS) is 1. The van der Waals surface area contributed by atoms with Gasteiger partial charge in [-0.05, 0) is 36.8 Å². The number of esters is 1. The van der Waals surface area contributed by atoms with Crippen molar-refractivity contribution in [2.24, 2.45) is 0 Å². The Balaban J connectivity index is 2.15. The lowest BCUT2D eigenvalue weighted by Gasteiger charge is -2.22. The predicted octanol–water partition coefficient (Wildman–Crippen LogP) is 3.47. The van der Waals surface area contributed by atoms with Gasteiger partial charge in [0.05, 0.1) is 6.61 Å². The molecule has 1 fully saturated rings. The van der Waals surface area contributed by atoms with Crippen LogP contribution in [0.15, 0.2) is 24.3 Å². The number of rotatable bonds is 5. The summed E-state index contributed by atoms with van der Waals surface area (Å²) in [6, 6.07) is 7.42. The molecule has 21 heavy (non-hydrogen) atoms. The van der Waals surface area contributed by atoms with Crippen LogP contribution in [0.3, 0.4) is 0 Å². The van der Waals surface area contributed by atoms with Crippen molar-refractivity contribution in [2.45, 2.75) is 50.9 Å². The number of carbonyl (C=O) groups is 2. The first-order valence-corrected chi connectivity index (χ1v) is 7.62. The molecule has 1 aliphatic rings. The van der Waals surface area contributed by atoms with Gasteiger partial charge in [-0.1, -0.05) is 43.5 Å². The van der Waals surface area contributed by atoms with E-state index in [1.807, 2.05) is 12.1 Å². The highest BCUT2D eigenvalue weighted by Crippen LogP contribution is 2.33. The topological polar surface area (TPSA) is 63.6 Å². The van der Waals surface area contributed by atoms with Gasteiger partial charge in [0, 0.05) is 0 Å². The van der Waals surface area contributed by atoms with Crippen LogP contribution in [0.2, 0.25) is 0 Å². The third-order valence-electron chi connectivity index (χ3n) is 4.12. The molecule has 0 saturated heterocycles. The molecule has 1 aromatic rings. The van der Waals surface area contributed by atoms with E-state index < -0.39 is 17.9 Å². The van der Waals surface area contributed by atoms with E-state index in [1.54, 1.807) is 19.1 Å². The van der Waals surface area contributed by atoms with Crippen LogP contribution in [0.4, 0.5) is 0 Å². The van der Waals surface area contributed by atoms with Crippen molar-refractivity contribution in [1.29, 1.82) is 0 Å². The van der Waals surface area contributed by atoms with E-state index >= 15 is 0 Å². The summed E-state index contributed by atoms with van der Waals surface area (Å²) in [5, 5.41) is 9.24. The smallest absolute Gasteiger partial charge is 0.324 e. The Labute approximate surface area is 125 Å². The van der Waals surface area contributed by atoms with Gasteiger partial charge in [0.2, 0.25) is 0 Å². The van der Waals surface area contributed by atoms with Gasteiger partial charge in [-0.2, -0.15) is 0 Å². The van der Waals surface area contributed by atoms with Crippen LogP contribution < -0.4 is 0 Å². The van der Waals surface area contributed by atoms with Gasteiger partial charge in [0.1, 0.15) is 0 Å². The lowest BCUT2D eigenvalue weighted by Crippen LogP contribution is -2.23. The van der Waals surface area contributed by atoms with Crippen molar-refractivity contribution in [3.63, 3.8) is 0 Å². The maximum Gasteiger partial charge on any atom is 0.324 e. The summed E-state index contributed by atoms with van der Waals surface area (Å²) >= 11 is 0. The number of hydrogen-bond donors (Lipinski definition) is 1. The van der Waals surface area contributed by atoms with Gasteiger partial charge >= 0.3 is 11.9 Å². The summed E-state index contributed by atoms with van der Waals surface area (Å²) in [4.78, 5) is 23.1. The fraction of sp³-hybridized carbons (Fsp3) is 0.529. The average Bonchev–Trinajstić information content (AvgIpc) is 2.49. The Morgan fingerprint density at radius 2 is 1.81 bits per heavy atom. The first-order valence-electron chi connectivity index (χ1n) is 7.62. The molecule has 0 aromatic heterocycles. The molecule has 1 saturated carbocycles. The van der Waals surface area contributed by atoms with E-state index in [1.165, 1.54) is 37.7 Å². The van der Waals surface area contributed by atoms with E-state index in [0.29, 0.717) is 11.5 Å². The molecule has 0 spiro atoms. The molecular weight excluding hydrogens is 268 g/mol. The fourth-order valence-corrected chi connectivity index (χ4v) is 3.00. The number of aliphatic carboxylic acids is 1. The molecule has 4 nitrogen and oxygen atoms in total. The molecule has 0 aliphatic heterocycles. The molecule has 0 heterocycles. The molecular formula is C17H22O4. The molecule has 2 rings (SSSR count). The summed E-state index contributed by atoms with van der Waals surface area (Å²) in [6.07, 6.45) is 6.21. The molecule has 4 heteroatoms. The zero-order chi connectivity index (χ0) is 15.2. The second kappa shape index (κ2) is 7.25. The van der Waals surface area contributed by atoms with Crippen molar-refractivity contribution in [3.8, 4) is 0 Å². The van der Waals surface area contributed by atoms with Crippen LogP contribution in [0.25, 0.3) is 0 Å². The van der Waals surface area contributed by atoms with Gasteiger partial charge < -0.3 is 9.84 Å². The highest BCUT2D eigenvalue weighted by Gasteiger charge is 2.29. The van der Waals surface area contributed by atoms with Crippen LogP contribution in [0, 0.1) is 0 Å². The molecule has 0 bridgehead atoms. The molecule has 1 unspecified atom stereocenters. The van der Waals surface area contributed by atoms with Crippen molar-refractivity contribution >= 4 is 11.9 Å². The SMILES string of the molecule is CCOC(=O)C(C(=O)O)c1ccc(C2CCCCC2)cc1. The number of hydrogen-bond acceptors (Lipinski definition) is 3. The van der Waals surface area contributed by atoms with E-state index in [4.69, 9.17) is 4.74 Å². The van der Waals surface area contributed by atoms with Gasteiger partial charge in [0.25, 0.3) is 0 Å². The number of carboxylic acids is 1. The van der Waals surface area contributed by atoms with Crippen molar-refractivity contribution in [3.05, 3.63) is 35.4 Å². The van der Waals surface area contributed by atoms with Crippen LogP contribution >= 0.6 is 0 Å². The average molecular weight is 290 g/mol. The summed E-state index contributed by atoms with van der Waals surface area (Å²) in [6.45, 7) is 1.85. The minimum atomic E-state index is -1.23. The minimum Gasteiger partial charge on any atom is -0.480 e. The van der Waals surface area contributed by atoms with E-state index in [2.05, 4.69) is 0 Å². The van der Waals surface area contributed by atoms with E-state index in [9.17, 15) is 14.7 Å². The highest BCUT2D eigenvalue weighted by atomic mass is 16.5. The van der Waals surface area contributed by atoms with Crippen LogP contribution in [0.1, 0.15) is 62.0 Å². The van der Waals surface area contributed by atoms with Crippen LogP contribution in [0.5, 0.6) is 0 Å². The molecule has 114 valence electrons. The van der Waals surface area contributed by atoms with Crippen LogP contribution in [-0.2, 0) is 14.3 Å². The Kier molecular flexibility index (Phi) is 5.37. The second-order valence-corrected chi connectivity index (χ2v) is 5.52. The Morgan fingerprint density at radius 3 is 2.33 bits per heavy atom. The summed E-state index contributed by atoms with van der Waals surface area (Å²) in [5.41, 5.74) is 1.73. The van der Waals surface area contributed by atoms with Gasteiger partial charge in [-0.15, -0.1) is 0 Å². The highest BCUT2D eigenvalue weighted by molar-refractivity contribution is 5.99. The number of carbonyl (C=O) groups excluding carboxylic acids is 1. The fourth-order valence-electron chi connectivity index (χ4n) is 3.00. The Morgan fingerprint density at radius 1 is 1.19 bits per heavy atom. The van der Waals surface area contributed by atoms with Crippen molar-refractivity contribution in [1.82, 2.24) is 0 Å². The van der Waals surface area contributed by atoms with Crippen molar-refractivity contribution < 1.29 is 19.4 Å². The number of benzene rings is 1. The molecule has 0 amide bonds. The first kappa shape index (κ1) is 15.5. The normalized spacial score (nSPS) is 17.2. The zero-order valence-electron chi connectivity index (χ0n) is 12.4. The van der Waals surface area contributed by atoms with Gasteiger partial charge in [0.15, 0.2) is 5.92 Å². The molecule has 1 aromatic carbocycles. The van der Waals surface area contributed by atoms with E-state index in [-0.39, 0.29) is 6.61 Å². The monoisotopic (exact) mass is 290 g/mol. The summed E-state index contributed by atoms with van der Waals surface area (Å²) in [5.74, 6) is -2.53. The first-order chi connectivity index (χ1) is 10.1. The maximum absolute atomic E-state index is 11.8. The lowest BCUT2D eigenvalue weighted by atomic mass is 9.83. The summed E-state index contributed by atoms with van der Waals surface area (Å²) < 4.78 is 4.85. The largest absolute Gasteiger partial charge is 0.480 e.